The smallest absolute Gasteiger partial charge is 0.303 e. The topological polar surface area (TPSA) is 57.5 Å². The van der Waals surface area contributed by atoms with E-state index in [9.17, 15) is 9.90 Å². The SMILES string of the molecule is CCCCCC#CCC(O)c1cccc(/C=C\CCCC(=O)O)c1. The van der Waals surface area contributed by atoms with Crippen molar-refractivity contribution in [1.29, 1.82) is 0 Å². The van der Waals surface area contributed by atoms with E-state index in [1.165, 1.54) is 12.8 Å². The highest BCUT2D eigenvalue weighted by atomic mass is 16.4. The largest absolute Gasteiger partial charge is 0.481 e. The number of carbonyl (C=O) groups is 1. The van der Waals surface area contributed by atoms with Crippen molar-refractivity contribution in [2.75, 3.05) is 0 Å². The first kappa shape index (κ1) is 20.0. The van der Waals surface area contributed by atoms with E-state index in [1.54, 1.807) is 0 Å². The van der Waals surface area contributed by atoms with Crippen molar-refractivity contribution in [3.05, 3.63) is 41.5 Å². The van der Waals surface area contributed by atoms with Gasteiger partial charge in [0.05, 0.1) is 6.10 Å². The Hall–Kier alpha value is -2.05. The molecule has 0 saturated heterocycles. The molecule has 0 radical (unpaired) electrons. The third-order valence-electron chi connectivity index (χ3n) is 3.69. The Kier molecular flexibility index (Phi) is 10.3. The molecule has 3 nitrogen and oxygen atoms in total. The van der Waals surface area contributed by atoms with E-state index >= 15 is 0 Å². The molecule has 0 heterocycles. The maximum Gasteiger partial charge on any atom is 0.303 e. The van der Waals surface area contributed by atoms with Gasteiger partial charge in [0.25, 0.3) is 0 Å². The Balaban J connectivity index is 2.45. The second-order valence-corrected chi connectivity index (χ2v) is 5.89. The lowest BCUT2D eigenvalue weighted by Gasteiger charge is -2.08. The third kappa shape index (κ3) is 9.17. The lowest BCUT2D eigenvalue weighted by Crippen LogP contribution is -1.96. The second kappa shape index (κ2) is 12.4. The number of aliphatic hydroxyl groups excluding tert-OH is 1. The summed E-state index contributed by atoms with van der Waals surface area (Å²) >= 11 is 0. The van der Waals surface area contributed by atoms with Crippen LogP contribution in [0.15, 0.2) is 30.3 Å². The molecule has 1 aromatic rings. The molecule has 0 aromatic heterocycles. The Morgan fingerprint density at radius 1 is 1.25 bits per heavy atom. The average Bonchev–Trinajstić information content (AvgIpc) is 2.57. The zero-order chi connectivity index (χ0) is 17.6. The number of aliphatic hydroxyl groups is 1. The van der Waals surface area contributed by atoms with Crippen LogP contribution in [0.1, 0.15) is 75.5 Å². The minimum Gasteiger partial charge on any atom is -0.481 e. The molecule has 2 N–H and O–H groups in total. The number of allylic oxidation sites excluding steroid dienone is 1. The van der Waals surface area contributed by atoms with Crippen molar-refractivity contribution in [3.63, 3.8) is 0 Å². The normalized spacial score (nSPS) is 11.9. The van der Waals surface area contributed by atoms with E-state index in [0.717, 1.165) is 30.4 Å². The molecule has 0 aliphatic heterocycles. The molecule has 24 heavy (non-hydrogen) atoms. The molecule has 130 valence electrons. The monoisotopic (exact) mass is 328 g/mol. The lowest BCUT2D eigenvalue weighted by molar-refractivity contribution is -0.137. The number of carboxylic acid groups (broad SMARTS) is 1. The summed E-state index contributed by atoms with van der Waals surface area (Å²) < 4.78 is 0. The summed E-state index contributed by atoms with van der Waals surface area (Å²) in [6, 6.07) is 7.76. The Morgan fingerprint density at radius 2 is 2.08 bits per heavy atom. The van der Waals surface area contributed by atoms with Gasteiger partial charge in [-0.2, -0.15) is 0 Å². The van der Waals surface area contributed by atoms with Crippen LogP contribution in [0.5, 0.6) is 0 Å². The molecule has 0 saturated carbocycles. The Labute approximate surface area is 145 Å². The van der Waals surface area contributed by atoms with Crippen molar-refractivity contribution in [2.45, 2.75) is 64.4 Å². The number of carboxylic acids is 1. The first-order valence-electron chi connectivity index (χ1n) is 8.75. The zero-order valence-corrected chi connectivity index (χ0v) is 14.5. The molecule has 0 aliphatic carbocycles. The number of benzene rings is 1. The van der Waals surface area contributed by atoms with Gasteiger partial charge in [-0.25, -0.2) is 0 Å². The minimum absolute atomic E-state index is 0.194. The van der Waals surface area contributed by atoms with Crippen molar-refractivity contribution >= 4 is 12.0 Å². The Bertz CT molecular complexity index is 578. The summed E-state index contributed by atoms with van der Waals surface area (Å²) in [4.78, 5) is 10.4. The highest BCUT2D eigenvalue weighted by Crippen LogP contribution is 2.18. The van der Waals surface area contributed by atoms with Gasteiger partial charge in [-0.3, -0.25) is 4.79 Å². The molecule has 0 amide bonds. The number of hydrogen-bond donors (Lipinski definition) is 2. The number of hydrogen-bond acceptors (Lipinski definition) is 2. The first-order chi connectivity index (χ1) is 11.6. The van der Waals surface area contributed by atoms with Gasteiger partial charge < -0.3 is 10.2 Å². The van der Waals surface area contributed by atoms with E-state index in [4.69, 9.17) is 5.11 Å². The molecule has 1 unspecified atom stereocenters. The van der Waals surface area contributed by atoms with Crippen molar-refractivity contribution in [3.8, 4) is 11.8 Å². The average molecular weight is 328 g/mol. The lowest BCUT2D eigenvalue weighted by atomic mass is 10.0. The number of rotatable bonds is 10. The molecule has 0 fully saturated rings. The zero-order valence-electron chi connectivity index (χ0n) is 14.5. The first-order valence-corrected chi connectivity index (χ1v) is 8.75. The summed E-state index contributed by atoms with van der Waals surface area (Å²) in [5.41, 5.74) is 1.88. The van der Waals surface area contributed by atoms with Crippen LogP contribution in [0.2, 0.25) is 0 Å². The molecule has 0 spiro atoms. The number of aliphatic carboxylic acids is 1. The van der Waals surface area contributed by atoms with Gasteiger partial charge in [-0.05, 0) is 36.5 Å². The highest BCUT2D eigenvalue weighted by Gasteiger charge is 2.05. The van der Waals surface area contributed by atoms with Gasteiger partial charge in [-0.1, -0.05) is 50.1 Å². The standard InChI is InChI=1S/C21H28O3/c1-2-3-4-5-6-9-15-20(22)19-14-11-13-18(17-19)12-8-7-10-16-21(23)24/h8,11-14,17,20,22H,2-5,7,10,15-16H2,1H3,(H,23,24)/b12-8-. The van der Waals surface area contributed by atoms with Crippen molar-refractivity contribution in [1.82, 2.24) is 0 Å². The molecule has 1 aromatic carbocycles. The van der Waals surface area contributed by atoms with Crippen LogP contribution in [-0.4, -0.2) is 16.2 Å². The molecular weight excluding hydrogens is 300 g/mol. The van der Waals surface area contributed by atoms with Gasteiger partial charge in [0.1, 0.15) is 0 Å². The van der Waals surface area contributed by atoms with Gasteiger partial charge in [-0.15, -0.1) is 11.8 Å². The van der Waals surface area contributed by atoms with Gasteiger partial charge >= 0.3 is 5.97 Å². The highest BCUT2D eigenvalue weighted by molar-refractivity contribution is 5.66. The van der Waals surface area contributed by atoms with Crippen LogP contribution in [0, 0.1) is 11.8 Å². The molecule has 1 rings (SSSR count). The van der Waals surface area contributed by atoms with Crippen LogP contribution in [0.25, 0.3) is 6.08 Å². The van der Waals surface area contributed by atoms with Crippen LogP contribution >= 0.6 is 0 Å². The second-order valence-electron chi connectivity index (χ2n) is 5.89. The van der Waals surface area contributed by atoms with E-state index in [0.29, 0.717) is 12.8 Å². The molecule has 0 bridgehead atoms. The summed E-state index contributed by atoms with van der Waals surface area (Å²) in [5.74, 6) is 5.42. The fraction of sp³-hybridized carbons (Fsp3) is 0.476. The van der Waals surface area contributed by atoms with E-state index in [-0.39, 0.29) is 6.42 Å². The van der Waals surface area contributed by atoms with E-state index in [1.807, 2.05) is 36.4 Å². The molecule has 3 heteroatoms. The number of unbranched alkanes of at least 4 members (excludes halogenated alkanes) is 4. The van der Waals surface area contributed by atoms with Crippen LogP contribution < -0.4 is 0 Å². The summed E-state index contributed by atoms with van der Waals surface area (Å²) in [6.45, 7) is 2.17. The summed E-state index contributed by atoms with van der Waals surface area (Å²) in [5, 5.41) is 18.8. The van der Waals surface area contributed by atoms with E-state index in [2.05, 4.69) is 18.8 Å². The van der Waals surface area contributed by atoms with Crippen molar-refractivity contribution in [2.24, 2.45) is 0 Å². The van der Waals surface area contributed by atoms with Crippen molar-refractivity contribution < 1.29 is 15.0 Å². The quantitative estimate of drug-likeness (QED) is 0.471. The van der Waals surface area contributed by atoms with Gasteiger partial charge in [0.15, 0.2) is 0 Å². The summed E-state index contributed by atoms with van der Waals surface area (Å²) in [6.07, 6.45) is 9.84. The van der Waals surface area contributed by atoms with E-state index < -0.39 is 12.1 Å². The molecular formula is C21H28O3. The van der Waals surface area contributed by atoms with Crippen LogP contribution in [-0.2, 0) is 4.79 Å². The fourth-order valence-electron chi connectivity index (χ4n) is 2.30. The summed E-state index contributed by atoms with van der Waals surface area (Å²) in [7, 11) is 0. The Morgan fingerprint density at radius 3 is 2.83 bits per heavy atom. The molecule has 0 aliphatic rings. The maximum atomic E-state index is 10.4. The van der Waals surface area contributed by atoms with Crippen LogP contribution in [0.4, 0.5) is 0 Å². The van der Waals surface area contributed by atoms with Crippen LogP contribution in [0.3, 0.4) is 0 Å². The fourth-order valence-corrected chi connectivity index (χ4v) is 2.30. The minimum atomic E-state index is -0.760. The third-order valence-corrected chi connectivity index (χ3v) is 3.69. The maximum absolute atomic E-state index is 10.4. The molecule has 1 atom stereocenters. The predicted molar refractivity (Wildman–Crippen MR) is 98.5 cm³/mol. The van der Waals surface area contributed by atoms with Gasteiger partial charge in [0.2, 0.25) is 0 Å². The van der Waals surface area contributed by atoms with Gasteiger partial charge in [0, 0.05) is 19.3 Å². The predicted octanol–water partition coefficient (Wildman–Crippen LogP) is 4.96.